The highest BCUT2D eigenvalue weighted by Gasteiger charge is 2.30. The van der Waals surface area contributed by atoms with Crippen LogP contribution in [0.2, 0.25) is 0 Å². The highest BCUT2D eigenvalue weighted by atomic mass is 16.1. The van der Waals surface area contributed by atoms with Crippen molar-refractivity contribution < 1.29 is 9.59 Å². The highest BCUT2D eigenvalue weighted by molar-refractivity contribution is 6.15. The van der Waals surface area contributed by atoms with Crippen LogP contribution in [0.3, 0.4) is 0 Å². The van der Waals surface area contributed by atoms with Crippen molar-refractivity contribution in [2.75, 3.05) is 0 Å². The van der Waals surface area contributed by atoms with Crippen LogP contribution in [0.4, 0.5) is 0 Å². The zero-order chi connectivity index (χ0) is 12.5. The summed E-state index contributed by atoms with van der Waals surface area (Å²) in [6.45, 7) is 0. The molecule has 3 rings (SSSR count). The topological polar surface area (TPSA) is 34.1 Å². The van der Waals surface area contributed by atoms with Crippen molar-refractivity contribution in [1.82, 2.24) is 0 Å². The second-order valence-electron chi connectivity index (χ2n) is 4.87. The number of ketones is 2. The molecule has 2 nitrogen and oxygen atoms in total. The molecule has 2 heteroatoms. The number of hydrogen-bond donors (Lipinski definition) is 0. The number of carbonyl (C=O) groups is 2. The minimum Gasteiger partial charge on any atom is -0.299 e. The zero-order valence-electron chi connectivity index (χ0n) is 10.1. The molecule has 0 bridgehead atoms. The normalized spacial score (nSPS) is 14.7. The van der Waals surface area contributed by atoms with Gasteiger partial charge in [0, 0.05) is 11.5 Å². The van der Waals surface area contributed by atoms with Crippen LogP contribution < -0.4 is 0 Å². The van der Waals surface area contributed by atoms with Crippen LogP contribution in [0, 0.1) is 5.92 Å². The minimum absolute atomic E-state index is 0.0521. The molecule has 90 valence electrons. The first-order valence-corrected chi connectivity index (χ1v) is 6.29. The molecule has 1 saturated carbocycles. The lowest BCUT2D eigenvalue weighted by Crippen LogP contribution is -2.10. The summed E-state index contributed by atoms with van der Waals surface area (Å²) in [5.41, 5.74) is 0.669. The zero-order valence-corrected chi connectivity index (χ0v) is 10.1. The fourth-order valence-electron chi connectivity index (χ4n) is 2.27. The second kappa shape index (κ2) is 4.37. The van der Waals surface area contributed by atoms with Crippen LogP contribution in [-0.4, -0.2) is 11.6 Å². The molecule has 18 heavy (non-hydrogen) atoms. The van der Waals surface area contributed by atoms with E-state index >= 15 is 0 Å². The maximum Gasteiger partial charge on any atom is 0.170 e. The van der Waals surface area contributed by atoms with Gasteiger partial charge in [0.2, 0.25) is 0 Å². The quantitative estimate of drug-likeness (QED) is 0.604. The highest BCUT2D eigenvalue weighted by Crippen LogP contribution is 2.31. The van der Waals surface area contributed by atoms with Crippen molar-refractivity contribution in [3.63, 3.8) is 0 Å². The number of benzene rings is 2. The Morgan fingerprint density at radius 3 is 2.50 bits per heavy atom. The molecule has 2 aromatic rings. The summed E-state index contributed by atoms with van der Waals surface area (Å²) >= 11 is 0. The number of carbonyl (C=O) groups excluding carboxylic acids is 2. The van der Waals surface area contributed by atoms with Gasteiger partial charge >= 0.3 is 0 Å². The number of rotatable bonds is 4. The van der Waals surface area contributed by atoms with Gasteiger partial charge in [-0.1, -0.05) is 42.5 Å². The molecule has 0 spiro atoms. The van der Waals surface area contributed by atoms with Gasteiger partial charge in [-0.3, -0.25) is 9.59 Å². The van der Waals surface area contributed by atoms with E-state index in [9.17, 15) is 9.59 Å². The first kappa shape index (κ1) is 11.1. The van der Waals surface area contributed by atoms with E-state index in [1.807, 2.05) is 42.5 Å². The fraction of sp³-hybridized carbons (Fsp3) is 0.250. The summed E-state index contributed by atoms with van der Waals surface area (Å²) in [5.74, 6) is 0.209. The predicted octanol–water partition coefficient (Wildman–Crippen LogP) is 3.39. The molecule has 0 atom stereocenters. The van der Waals surface area contributed by atoms with E-state index < -0.39 is 0 Å². The Balaban J connectivity index is 1.93. The molecule has 0 amide bonds. The average Bonchev–Trinajstić information content (AvgIpc) is 3.22. The third-order valence-electron chi connectivity index (χ3n) is 3.46. The predicted molar refractivity (Wildman–Crippen MR) is 70.6 cm³/mol. The Morgan fingerprint density at radius 1 is 1.00 bits per heavy atom. The summed E-state index contributed by atoms with van der Waals surface area (Å²) < 4.78 is 0. The molecule has 0 unspecified atom stereocenters. The molecule has 0 aliphatic heterocycles. The van der Waals surface area contributed by atoms with Crippen LogP contribution in [0.25, 0.3) is 10.8 Å². The third kappa shape index (κ3) is 2.06. The smallest absolute Gasteiger partial charge is 0.170 e. The number of fused-ring (bicyclic) bond motifs is 1. The van der Waals surface area contributed by atoms with E-state index in [1.54, 1.807) is 0 Å². The van der Waals surface area contributed by atoms with Crippen LogP contribution in [0.5, 0.6) is 0 Å². The van der Waals surface area contributed by atoms with Gasteiger partial charge in [-0.05, 0) is 23.6 Å². The second-order valence-corrected chi connectivity index (χ2v) is 4.87. The fourth-order valence-corrected chi connectivity index (χ4v) is 2.27. The maximum atomic E-state index is 12.2. The summed E-state index contributed by atoms with van der Waals surface area (Å²) in [7, 11) is 0. The Bertz CT molecular complexity index is 619. The van der Waals surface area contributed by atoms with E-state index in [1.165, 1.54) is 0 Å². The number of hydrogen-bond acceptors (Lipinski definition) is 2. The largest absolute Gasteiger partial charge is 0.299 e. The lowest BCUT2D eigenvalue weighted by molar-refractivity contribution is -0.119. The van der Waals surface area contributed by atoms with Crippen LogP contribution in [-0.2, 0) is 4.79 Å². The van der Waals surface area contributed by atoms with Gasteiger partial charge in [0.25, 0.3) is 0 Å². The lowest BCUT2D eigenvalue weighted by atomic mass is 9.98. The Hall–Kier alpha value is -1.96. The van der Waals surface area contributed by atoms with Crippen LogP contribution in [0.1, 0.15) is 29.6 Å². The van der Waals surface area contributed by atoms with E-state index in [4.69, 9.17) is 0 Å². The molecule has 0 N–H and O–H groups in total. The van der Waals surface area contributed by atoms with E-state index in [2.05, 4.69) is 0 Å². The monoisotopic (exact) mass is 238 g/mol. The van der Waals surface area contributed by atoms with Gasteiger partial charge in [-0.2, -0.15) is 0 Å². The van der Waals surface area contributed by atoms with Crippen LogP contribution in [0.15, 0.2) is 42.5 Å². The average molecular weight is 238 g/mol. The summed E-state index contributed by atoms with van der Waals surface area (Å²) in [6.07, 6.45) is 1.97. The van der Waals surface area contributed by atoms with Gasteiger partial charge in [0.1, 0.15) is 5.78 Å². The molecule has 0 heterocycles. The van der Waals surface area contributed by atoms with Crippen molar-refractivity contribution in [2.24, 2.45) is 5.92 Å². The van der Waals surface area contributed by atoms with Crippen molar-refractivity contribution >= 4 is 22.3 Å². The summed E-state index contributed by atoms with van der Waals surface area (Å²) in [5, 5.41) is 1.98. The standard InChI is InChI=1S/C16H14O2/c17-15(12-8-9-12)10-16(18)14-7-3-5-11-4-1-2-6-13(11)14/h1-7,12H,8-10H2. The molecule has 1 aliphatic carbocycles. The first-order valence-electron chi connectivity index (χ1n) is 6.29. The van der Waals surface area contributed by atoms with Gasteiger partial charge in [-0.15, -0.1) is 0 Å². The van der Waals surface area contributed by atoms with E-state index in [0.717, 1.165) is 23.6 Å². The van der Waals surface area contributed by atoms with Crippen molar-refractivity contribution in [1.29, 1.82) is 0 Å². The number of Topliss-reactive ketones (excluding diaryl/α,β-unsaturated/α-hetero) is 2. The van der Waals surface area contributed by atoms with Crippen molar-refractivity contribution in [2.45, 2.75) is 19.3 Å². The van der Waals surface area contributed by atoms with E-state index in [-0.39, 0.29) is 23.9 Å². The molecule has 0 saturated heterocycles. The van der Waals surface area contributed by atoms with Gasteiger partial charge < -0.3 is 0 Å². The first-order chi connectivity index (χ1) is 8.75. The Morgan fingerprint density at radius 2 is 1.72 bits per heavy atom. The molecular weight excluding hydrogens is 224 g/mol. The molecule has 0 aromatic heterocycles. The molecule has 0 radical (unpaired) electrons. The molecular formula is C16H14O2. The Kier molecular flexibility index (Phi) is 2.71. The summed E-state index contributed by atoms with van der Waals surface area (Å²) in [4.78, 5) is 23.9. The third-order valence-corrected chi connectivity index (χ3v) is 3.46. The molecule has 1 fully saturated rings. The van der Waals surface area contributed by atoms with Gasteiger partial charge in [0.15, 0.2) is 5.78 Å². The minimum atomic E-state index is -0.0521. The summed E-state index contributed by atoms with van der Waals surface area (Å²) in [6, 6.07) is 13.4. The van der Waals surface area contributed by atoms with Crippen molar-refractivity contribution in [3.8, 4) is 0 Å². The van der Waals surface area contributed by atoms with Gasteiger partial charge in [-0.25, -0.2) is 0 Å². The lowest BCUT2D eigenvalue weighted by Gasteiger charge is -2.05. The molecule has 2 aromatic carbocycles. The SMILES string of the molecule is O=C(CC(=O)C1CC1)c1cccc2ccccc12. The van der Waals surface area contributed by atoms with Gasteiger partial charge in [0.05, 0.1) is 6.42 Å². The molecule has 1 aliphatic rings. The van der Waals surface area contributed by atoms with Crippen LogP contribution >= 0.6 is 0 Å². The Labute approximate surface area is 106 Å². The maximum absolute atomic E-state index is 12.2. The van der Waals surface area contributed by atoms with Crippen molar-refractivity contribution in [3.05, 3.63) is 48.0 Å². The van der Waals surface area contributed by atoms with E-state index in [0.29, 0.717) is 5.56 Å².